The second-order valence-electron chi connectivity index (χ2n) is 7.10. The number of aliphatic hydroxyl groups excluding tert-OH is 2. The van der Waals surface area contributed by atoms with Gasteiger partial charge in [-0.3, -0.25) is 4.79 Å². The summed E-state index contributed by atoms with van der Waals surface area (Å²) in [6, 6.07) is 0.800. The van der Waals surface area contributed by atoms with E-state index >= 15 is 0 Å². The molecule has 4 N–H and O–H groups in total. The fourth-order valence-electron chi connectivity index (χ4n) is 3.37. The standard InChI is InChI=1S/C18H35NO4/c1-14-17(21)12-11-15(19-14)9-7-5-3-2-4-6-8-10-16(20)13-18(22)23/h14-17,19-21H,2-13H2,1H3,(H,22,23)/t14-,15+,16+,17+/m0/s1. The van der Waals surface area contributed by atoms with Crippen molar-refractivity contribution in [1.29, 1.82) is 0 Å². The van der Waals surface area contributed by atoms with Crippen LogP contribution in [0.1, 0.15) is 84.0 Å². The van der Waals surface area contributed by atoms with Crippen LogP contribution in [0, 0.1) is 0 Å². The molecule has 1 aliphatic heterocycles. The Morgan fingerprint density at radius 3 is 2.30 bits per heavy atom. The van der Waals surface area contributed by atoms with E-state index in [0.29, 0.717) is 12.5 Å². The number of rotatable bonds is 12. The van der Waals surface area contributed by atoms with Crippen molar-refractivity contribution in [2.45, 2.75) is 108 Å². The van der Waals surface area contributed by atoms with E-state index in [4.69, 9.17) is 5.11 Å². The summed E-state index contributed by atoms with van der Waals surface area (Å²) in [6.45, 7) is 2.06. The Kier molecular flexibility index (Phi) is 10.5. The molecule has 5 nitrogen and oxygen atoms in total. The number of hydrogen-bond donors (Lipinski definition) is 4. The molecule has 0 aromatic heterocycles. The third-order valence-electron chi connectivity index (χ3n) is 4.89. The van der Waals surface area contributed by atoms with Crippen molar-refractivity contribution in [1.82, 2.24) is 5.32 Å². The lowest BCUT2D eigenvalue weighted by Gasteiger charge is -2.32. The smallest absolute Gasteiger partial charge is 0.305 e. The van der Waals surface area contributed by atoms with Gasteiger partial charge in [0.1, 0.15) is 0 Å². The molecule has 5 heteroatoms. The molecule has 1 fully saturated rings. The molecule has 0 spiro atoms. The topological polar surface area (TPSA) is 89.8 Å². The largest absolute Gasteiger partial charge is 0.481 e. The van der Waals surface area contributed by atoms with Crippen LogP contribution in [0.15, 0.2) is 0 Å². The molecule has 136 valence electrons. The van der Waals surface area contributed by atoms with Crippen LogP contribution in [0.25, 0.3) is 0 Å². The van der Waals surface area contributed by atoms with E-state index in [1.807, 2.05) is 0 Å². The molecule has 0 radical (unpaired) electrons. The van der Waals surface area contributed by atoms with Gasteiger partial charge < -0.3 is 20.6 Å². The Morgan fingerprint density at radius 2 is 1.70 bits per heavy atom. The van der Waals surface area contributed by atoms with E-state index in [0.717, 1.165) is 25.7 Å². The number of carbonyl (C=O) groups is 1. The summed E-state index contributed by atoms with van der Waals surface area (Å²) in [4.78, 5) is 10.4. The minimum atomic E-state index is -0.922. The number of hydrogen-bond acceptors (Lipinski definition) is 4. The van der Waals surface area contributed by atoms with Gasteiger partial charge in [0.25, 0.3) is 0 Å². The predicted molar refractivity (Wildman–Crippen MR) is 91.4 cm³/mol. The quantitative estimate of drug-likeness (QED) is 0.413. The van der Waals surface area contributed by atoms with Crippen molar-refractivity contribution in [2.24, 2.45) is 0 Å². The SMILES string of the molecule is C[C@@H]1N[C@H](CCCCCCCCC[C@@H](O)CC(=O)O)CC[C@H]1O. The van der Waals surface area contributed by atoms with Crippen LogP contribution >= 0.6 is 0 Å². The maximum absolute atomic E-state index is 10.4. The number of aliphatic hydroxyl groups is 2. The van der Waals surface area contributed by atoms with E-state index in [2.05, 4.69) is 12.2 Å². The average molecular weight is 329 g/mol. The lowest BCUT2D eigenvalue weighted by atomic mass is 9.93. The normalized spacial score (nSPS) is 26.1. The number of nitrogens with one attached hydrogen (secondary N) is 1. The molecule has 23 heavy (non-hydrogen) atoms. The molecule has 4 atom stereocenters. The van der Waals surface area contributed by atoms with Gasteiger partial charge in [0.15, 0.2) is 0 Å². The zero-order chi connectivity index (χ0) is 17.1. The predicted octanol–water partition coefficient (Wildman–Crippen LogP) is 2.83. The first-order valence-corrected chi connectivity index (χ1v) is 9.33. The molecular formula is C18H35NO4. The highest BCUT2D eigenvalue weighted by Crippen LogP contribution is 2.18. The summed E-state index contributed by atoms with van der Waals surface area (Å²) in [5.74, 6) is -0.922. The zero-order valence-electron chi connectivity index (χ0n) is 14.5. The van der Waals surface area contributed by atoms with Gasteiger partial charge >= 0.3 is 5.97 Å². The first-order chi connectivity index (χ1) is 11.0. The highest BCUT2D eigenvalue weighted by Gasteiger charge is 2.24. The Balaban J connectivity index is 1.86. The Morgan fingerprint density at radius 1 is 1.09 bits per heavy atom. The number of aliphatic carboxylic acids is 1. The number of unbranched alkanes of at least 4 members (excludes halogenated alkanes) is 6. The van der Waals surface area contributed by atoms with Crippen LogP contribution < -0.4 is 5.32 Å². The van der Waals surface area contributed by atoms with E-state index in [1.165, 1.54) is 38.5 Å². The summed E-state index contributed by atoms with van der Waals surface area (Å²) < 4.78 is 0. The van der Waals surface area contributed by atoms with E-state index in [1.54, 1.807) is 0 Å². The first-order valence-electron chi connectivity index (χ1n) is 9.33. The molecule has 1 heterocycles. The summed E-state index contributed by atoms with van der Waals surface area (Å²) in [6.07, 6.45) is 11.0. The lowest BCUT2D eigenvalue weighted by Crippen LogP contribution is -2.48. The number of piperidine rings is 1. The van der Waals surface area contributed by atoms with Gasteiger partial charge in [-0.25, -0.2) is 0 Å². The minimum absolute atomic E-state index is 0.134. The fraction of sp³-hybridized carbons (Fsp3) is 0.944. The number of carboxylic acids is 1. The van der Waals surface area contributed by atoms with Crippen molar-refractivity contribution in [2.75, 3.05) is 0 Å². The maximum atomic E-state index is 10.4. The van der Waals surface area contributed by atoms with Gasteiger partial charge in [-0.05, 0) is 32.6 Å². The molecule has 0 amide bonds. The summed E-state index contributed by atoms with van der Waals surface area (Å²) >= 11 is 0. The minimum Gasteiger partial charge on any atom is -0.481 e. The zero-order valence-corrected chi connectivity index (χ0v) is 14.5. The van der Waals surface area contributed by atoms with Crippen molar-refractivity contribution in [3.63, 3.8) is 0 Å². The van der Waals surface area contributed by atoms with Gasteiger partial charge in [0, 0.05) is 12.1 Å². The molecule has 0 bridgehead atoms. The van der Waals surface area contributed by atoms with Crippen LogP contribution in [0.5, 0.6) is 0 Å². The van der Waals surface area contributed by atoms with Crippen LogP contribution in [-0.4, -0.2) is 45.6 Å². The molecular weight excluding hydrogens is 294 g/mol. The molecule has 0 saturated carbocycles. The van der Waals surface area contributed by atoms with E-state index < -0.39 is 12.1 Å². The van der Waals surface area contributed by atoms with Crippen LogP contribution in [0.4, 0.5) is 0 Å². The maximum Gasteiger partial charge on any atom is 0.305 e. The molecule has 0 aromatic rings. The van der Waals surface area contributed by atoms with Crippen molar-refractivity contribution in [3.05, 3.63) is 0 Å². The molecule has 1 rings (SSSR count). The second kappa shape index (κ2) is 11.8. The summed E-state index contributed by atoms with van der Waals surface area (Å²) in [5, 5.41) is 31.2. The highest BCUT2D eigenvalue weighted by molar-refractivity contribution is 5.67. The van der Waals surface area contributed by atoms with Gasteiger partial charge in [-0.15, -0.1) is 0 Å². The van der Waals surface area contributed by atoms with Crippen molar-refractivity contribution in [3.8, 4) is 0 Å². The van der Waals surface area contributed by atoms with E-state index in [-0.39, 0.29) is 18.6 Å². The first kappa shape index (κ1) is 20.4. The van der Waals surface area contributed by atoms with E-state index in [9.17, 15) is 15.0 Å². The summed E-state index contributed by atoms with van der Waals surface area (Å²) in [5.41, 5.74) is 0. The van der Waals surface area contributed by atoms with Crippen LogP contribution in [0.2, 0.25) is 0 Å². The Labute approximate surface area is 140 Å². The third kappa shape index (κ3) is 9.95. The van der Waals surface area contributed by atoms with Gasteiger partial charge in [-0.2, -0.15) is 0 Å². The van der Waals surface area contributed by atoms with Crippen molar-refractivity contribution < 1.29 is 20.1 Å². The number of carboxylic acid groups (broad SMARTS) is 1. The molecule has 0 aromatic carbocycles. The summed E-state index contributed by atoms with van der Waals surface area (Å²) in [7, 11) is 0. The van der Waals surface area contributed by atoms with Gasteiger partial charge in [-0.1, -0.05) is 44.9 Å². The van der Waals surface area contributed by atoms with Gasteiger partial charge in [0.05, 0.1) is 18.6 Å². The molecule has 0 unspecified atom stereocenters. The molecule has 0 aliphatic carbocycles. The van der Waals surface area contributed by atoms with Gasteiger partial charge in [0.2, 0.25) is 0 Å². The monoisotopic (exact) mass is 329 g/mol. The van der Waals surface area contributed by atoms with Crippen molar-refractivity contribution >= 4 is 5.97 Å². The van der Waals surface area contributed by atoms with Crippen LogP contribution in [-0.2, 0) is 4.79 Å². The Hall–Kier alpha value is -0.650. The van der Waals surface area contributed by atoms with Crippen LogP contribution in [0.3, 0.4) is 0 Å². The highest BCUT2D eigenvalue weighted by atomic mass is 16.4. The second-order valence-corrected chi connectivity index (χ2v) is 7.10. The third-order valence-corrected chi connectivity index (χ3v) is 4.89. The Bertz CT molecular complexity index is 324. The fourth-order valence-corrected chi connectivity index (χ4v) is 3.37. The molecule has 1 saturated heterocycles. The average Bonchev–Trinajstić information content (AvgIpc) is 2.48. The molecule has 1 aliphatic rings. The lowest BCUT2D eigenvalue weighted by molar-refractivity contribution is -0.139.